The highest BCUT2D eigenvalue weighted by molar-refractivity contribution is 5.81. The Labute approximate surface area is 153 Å². The average Bonchev–Trinajstić information content (AvgIpc) is 3.32. The highest BCUT2D eigenvalue weighted by Crippen LogP contribution is 2.31. The minimum absolute atomic E-state index is 0.151. The molecule has 6 nitrogen and oxygen atoms in total. The molecule has 144 valence electrons. The predicted octanol–water partition coefficient (Wildman–Crippen LogP) is 3.38. The molecular formula is C19H27FN2O4. The molecule has 0 aromatic carbocycles. The molecule has 2 fully saturated rings. The molecule has 0 radical (unpaired) electrons. The maximum Gasteiger partial charge on any atom is 0.235 e. The van der Waals surface area contributed by atoms with Crippen molar-refractivity contribution in [2.24, 2.45) is 11.8 Å². The first kappa shape index (κ1) is 19.0. The molecule has 2 unspecified atom stereocenters. The van der Waals surface area contributed by atoms with Crippen LogP contribution in [0.2, 0.25) is 0 Å². The Morgan fingerprint density at radius 1 is 1.35 bits per heavy atom. The van der Waals surface area contributed by atoms with E-state index >= 15 is 0 Å². The number of hydroxylamine groups is 2. The number of ether oxygens (including phenoxy) is 1. The van der Waals surface area contributed by atoms with Crippen molar-refractivity contribution < 1.29 is 23.6 Å². The fourth-order valence-corrected chi connectivity index (χ4v) is 3.89. The normalized spacial score (nSPS) is 22.3. The van der Waals surface area contributed by atoms with Crippen molar-refractivity contribution in [1.82, 2.24) is 9.63 Å². The molecule has 1 saturated carbocycles. The van der Waals surface area contributed by atoms with Crippen LogP contribution in [-0.4, -0.2) is 41.4 Å². The lowest BCUT2D eigenvalue weighted by Crippen LogP contribution is -2.39. The first-order valence-corrected chi connectivity index (χ1v) is 9.53. The van der Waals surface area contributed by atoms with E-state index in [1.165, 1.54) is 40.9 Å². The van der Waals surface area contributed by atoms with Crippen molar-refractivity contribution in [3.05, 3.63) is 24.3 Å². The quantitative estimate of drug-likeness (QED) is 0.523. The van der Waals surface area contributed by atoms with E-state index in [9.17, 15) is 14.0 Å². The van der Waals surface area contributed by atoms with Crippen LogP contribution in [0.4, 0.5) is 4.39 Å². The summed E-state index contributed by atoms with van der Waals surface area (Å²) in [4.78, 5) is 30.0. The van der Waals surface area contributed by atoms with Gasteiger partial charge in [0.2, 0.25) is 12.3 Å². The van der Waals surface area contributed by atoms with Crippen LogP contribution in [0.1, 0.15) is 56.2 Å². The smallest absolute Gasteiger partial charge is 0.235 e. The number of hydrogen-bond acceptors (Lipinski definition) is 4. The summed E-state index contributed by atoms with van der Waals surface area (Å²) in [7, 11) is 0. The van der Waals surface area contributed by atoms with Gasteiger partial charge in [-0.3, -0.25) is 14.2 Å². The van der Waals surface area contributed by atoms with E-state index in [-0.39, 0.29) is 12.5 Å². The Bertz CT molecular complexity index is 594. The topological polar surface area (TPSA) is 60.8 Å². The first-order chi connectivity index (χ1) is 12.7. The van der Waals surface area contributed by atoms with E-state index in [0.29, 0.717) is 25.4 Å². The van der Waals surface area contributed by atoms with Gasteiger partial charge < -0.3 is 4.74 Å². The molecule has 1 aliphatic carbocycles. The van der Waals surface area contributed by atoms with E-state index in [1.807, 2.05) is 0 Å². The summed E-state index contributed by atoms with van der Waals surface area (Å²) in [6.45, 7) is 0.767. The van der Waals surface area contributed by atoms with Gasteiger partial charge in [0.15, 0.2) is 6.29 Å². The molecule has 7 heteroatoms. The standard InChI is InChI=1S/C19H27FN2O4/c20-17-8-9-21(13-17)19(24)16(11-15-5-1-2-6-15)12-22(14-23)26-18-7-3-4-10-25-18/h8-9,13-16,18H,1-7,10-12H2. The van der Waals surface area contributed by atoms with Crippen LogP contribution < -0.4 is 0 Å². The number of carbonyl (C=O) groups is 2. The van der Waals surface area contributed by atoms with Crippen LogP contribution >= 0.6 is 0 Å². The van der Waals surface area contributed by atoms with E-state index in [4.69, 9.17) is 9.57 Å². The minimum Gasteiger partial charge on any atom is -0.350 e. The fraction of sp³-hybridized carbons (Fsp3) is 0.684. The van der Waals surface area contributed by atoms with Crippen LogP contribution in [0.25, 0.3) is 0 Å². The summed E-state index contributed by atoms with van der Waals surface area (Å²) in [5, 5.41) is 1.17. The zero-order chi connectivity index (χ0) is 18.4. The summed E-state index contributed by atoms with van der Waals surface area (Å²) in [6.07, 6.45) is 10.7. The lowest BCUT2D eigenvalue weighted by Gasteiger charge is -2.29. The van der Waals surface area contributed by atoms with E-state index in [2.05, 4.69) is 0 Å². The first-order valence-electron chi connectivity index (χ1n) is 9.53. The van der Waals surface area contributed by atoms with Crippen molar-refractivity contribution in [1.29, 1.82) is 0 Å². The van der Waals surface area contributed by atoms with Crippen LogP contribution in [0.5, 0.6) is 0 Å². The van der Waals surface area contributed by atoms with Gasteiger partial charge in [-0.25, -0.2) is 14.3 Å². The Morgan fingerprint density at radius 3 is 2.73 bits per heavy atom. The molecule has 3 rings (SSSR count). The lowest BCUT2D eigenvalue weighted by molar-refractivity contribution is -0.275. The van der Waals surface area contributed by atoms with Crippen molar-refractivity contribution >= 4 is 12.3 Å². The number of nitrogens with zero attached hydrogens (tertiary/aromatic N) is 2. The van der Waals surface area contributed by atoms with Crippen molar-refractivity contribution in [3.8, 4) is 0 Å². The third-order valence-corrected chi connectivity index (χ3v) is 5.26. The molecule has 0 bridgehead atoms. The molecule has 2 atom stereocenters. The third kappa shape index (κ3) is 5.14. The summed E-state index contributed by atoms with van der Waals surface area (Å²) >= 11 is 0. The molecule has 1 aliphatic heterocycles. The Kier molecular flexibility index (Phi) is 6.80. The summed E-state index contributed by atoms with van der Waals surface area (Å²) in [6, 6.07) is 1.26. The Hall–Kier alpha value is -1.73. The van der Waals surface area contributed by atoms with Crippen molar-refractivity contribution in [2.75, 3.05) is 13.2 Å². The molecule has 0 N–H and O–H groups in total. The third-order valence-electron chi connectivity index (χ3n) is 5.26. The van der Waals surface area contributed by atoms with Gasteiger partial charge in [-0.1, -0.05) is 25.7 Å². The number of carbonyl (C=O) groups excluding carboxylic acids is 2. The minimum atomic E-state index is -0.447. The number of aromatic nitrogens is 1. The number of halogens is 1. The van der Waals surface area contributed by atoms with Crippen LogP contribution in [-0.2, 0) is 14.4 Å². The predicted molar refractivity (Wildman–Crippen MR) is 92.5 cm³/mol. The van der Waals surface area contributed by atoms with Gasteiger partial charge in [0.25, 0.3) is 0 Å². The molecular weight excluding hydrogens is 339 g/mol. The number of amides is 1. The molecule has 1 saturated heterocycles. The second kappa shape index (κ2) is 9.28. The van der Waals surface area contributed by atoms with E-state index < -0.39 is 18.0 Å². The van der Waals surface area contributed by atoms with Gasteiger partial charge >= 0.3 is 0 Å². The fourth-order valence-electron chi connectivity index (χ4n) is 3.89. The highest BCUT2D eigenvalue weighted by atomic mass is 19.1. The number of rotatable bonds is 8. The summed E-state index contributed by atoms with van der Waals surface area (Å²) < 4.78 is 20.1. The van der Waals surface area contributed by atoms with Gasteiger partial charge in [0, 0.05) is 25.4 Å². The molecule has 1 aromatic heterocycles. The largest absolute Gasteiger partial charge is 0.350 e. The van der Waals surface area contributed by atoms with Crippen LogP contribution in [0.15, 0.2) is 18.5 Å². The van der Waals surface area contributed by atoms with Gasteiger partial charge in [-0.15, -0.1) is 0 Å². The maximum atomic E-state index is 13.3. The second-order valence-electron chi connectivity index (χ2n) is 7.26. The lowest BCUT2D eigenvalue weighted by atomic mass is 9.92. The van der Waals surface area contributed by atoms with Crippen LogP contribution in [0.3, 0.4) is 0 Å². The van der Waals surface area contributed by atoms with Crippen molar-refractivity contribution in [2.45, 2.75) is 57.7 Å². The zero-order valence-corrected chi connectivity index (χ0v) is 15.0. The zero-order valence-electron chi connectivity index (χ0n) is 15.0. The molecule has 0 spiro atoms. The summed E-state index contributed by atoms with van der Waals surface area (Å²) in [5.41, 5.74) is 0. The SMILES string of the molecule is O=CN(CC(CC1CCCC1)C(=O)n1ccc(F)c1)OC1CCCCO1. The monoisotopic (exact) mass is 366 g/mol. The second-order valence-corrected chi connectivity index (χ2v) is 7.26. The average molecular weight is 366 g/mol. The van der Waals surface area contributed by atoms with Crippen molar-refractivity contribution in [3.63, 3.8) is 0 Å². The van der Waals surface area contributed by atoms with Gasteiger partial charge in [-0.2, -0.15) is 0 Å². The van der Waals surface area contributed by atoms with E-state index in [0.717, 1.165) is 32.1 Å². The molecule has 2 aliphatic rings. The molecule has 2 heterocycles. The molecule has 1 amide bonds. The number of hydrogen-bond donors (Lipinski definition) is 0. The Balaban J connectivity index is 1.66. The maximum absolute atomic E-state index is 13.3. The Morgan fingerprint density at radius 2 is 2.12 bits per heavy atom. The van der Waals surface area contributed by atoms with Crippen LogP contribution in [0, 0.1) is 17.7 Å². The van der Waals surface area contributed by atoms with Gasteiger partial charge in [-0.05, 0) is 31.2 Å². The summed E-state index contributed by atoms with van der Waals surface area (Å²) in [5.74, 6) is -0.625. The molecule has 1 aromatic rings. The van der Waals surface area contributed by atoms with E-state index in [1.54, 1.807) is 0 Å². The van der Waals surface area contributed by atoms with Gasteiger partial charge in [0.1, 0.15) is 5.82 Å². The van der Waals surface area contributed by atoms with Gasteiger partial charge in [0.05, 0.1) is 12.5 Å². The molecule has 26 heavy (non-hydrogen) atoms. The highest BCUT2D eigenvalue weighted by Gasteiger charge is 2.29.